The number of benzene rings is 2. The van der Waals surface area contributed by atoms with Crippen LogP contribution < -0.4 is 10.6 Å². The van der Waals surface area contributed by atoms with Gasteiger partial charge in [0.15, 0.2) is 0 Å². The van der Waals surface area contributed by atoms with Crippen molar-refractivity contribution in [3.63, 3.8) is 0 Å². The van der Waals surface area contributed by atoms with Crippen molar-refractivity contribution < 1.29 is 14.5 Å². The summed E-state index contributed by atoms with van der Waals surface area (Å²) in [5.41, 5.74) is 1.79. The molecule has 2 N–H and O–H groups in total. The fourth-order valence-electron chi connectivity index (χ4n) is 2.79. The third kappa shape index (κ3) is 4.88. The number of non-ortho nitro benzene ring substituents is 1. The summed E-state index contributed by atoms with van der Waals surface area (Å²) in [4.78, 5) is 22.4. The molecule has 1 aliphatic rings. The second kappa shape index (κ2) is 8.56. The predicted molar refractivity (Wildman–Crippen MR) is 104 cm³/mol. The minimum Gasteiger partial charge on any atom is -0.379 e. The minimum atomic E-state index is -0.554. The number of rotatable bonds is 6. The Hall–Kier alpha value is -2.35. The number of anilines is 2. The summed E-state index contributed by atoms with van der Waals surface area (Å²) < 4.78 is 5.37. The molecule has 1 heterocycles. The number of carbonyl (C=O) groups excluding carboxylic acids is 1. The number of nitro groups is 1. The summed E-state index contributed by atoms with van der Waals surface area (Å²) in [5, 5.41) is 17.1. The molecule has 1 aliphatic heterocycles. The molecule has 9 heteroatoms. The van der Waals surface area contributed by atoms with Gasteiger partial charge in [0.05, 0.1) is 20.7 Å². The van der Waals surface area contributed by atoms with Crippen LogP contribution in [0.15, 0.2) is 36.4 Å². The Labute approximate surface area is 165 Å². The molecule has 1 saturated heterocycles. The molecule has 0 aromatic heterocycles. The van der Waals surface area contributed by atoms with E-state index in [1.807, 2.05) is 18.2 Å². The van der Waals surface area contributed by atoms with Crippen molar-refractivity contribution in [2.75, 3.05) is 17.2 Å². The normalized spacial score (nSPS) is 16.1. The number of nitrogens with one attached hydrogen (secondary N) is 2. The molecule has 0 radical (unpaired) electrons. The zero-order valence-corrected chi connectivity index (χ0v) is 15.7. The average Bonchev–Trinajstić information content (AvgIpc) is 3.16. The van der Waals surface area contributed by atoms with Crippen LogP contribution in [0.25, 0.3) is 0 Å². The van der Waals surface area contributed by atoms with Crippen LogP contribution >= 0.6 is 23.2 Å². The van der Waals surface area contributed by atoms with E-state index in [4.69, 9.17) is 27.9 Å². The average molecular weight is 410 g/mol. The summed E-state index contributed by atoms with van der Waals surface area (Å²) in [5.74, 6) is -0.154. The molecule has 0 unspecified atom stereocenters. The molecule has 0 saturated carbocycles. The van der Waals surface area contributed by atoms with Gasteiger partial charge < -0.3 is 15.4 Å². The number of ether oxygens (including phenoxy) is 1. The molecule has 1 amide bonds. The lowest BCUT2D eigenvalue weighted by Crippen LogP contribution is -2.26. The number of halogens is 2. The highest BCUT2D eigenvalue weighted by molar-refractivity contribution is 6.39. The maximum Gasteiger partial charge on any atom is 0.272 e. The first-order valence-corrected chi connectivity index (χ1v) is 9.08. The zero-order valence-electron chi connectivity index (χ0n) is 14.2. The molecule has 2 aromatic carbocycles. The van der Waals surface area contributed by atoms with Crippen LogP contribution in [0.4, 0.5) is 17.1 Å². The monoisotopic (exact) mass is 409 g/mol. The number of amides is 1. The molecule has 1 atom stereocenters. The van der Waals surface area contributed by atoms with Gasteiger partial charge in [-0.25, -0.2) is 0 Å². The van der Waals surface area contributed by atoms with Gasteiger partial charge in [0.1, 0.15) is 6.10 Å². The summed E-state index contributed by atoms with van der Waals surface area (Å²) in [6.07, 6.45) is 1.22. The number of nitro benzene ring substituents is 1. The van der Waals surface area contributed by atoms with Crippen LogP contribution in [-0.4, -0.2) is 23.5 Å². The molecule has 1 fully saturated rings. The van der Waals surface area contributed by atoms with E-state index in [1.54, 1.807) is 6.07 Å². The van der Waals surface area contributed by atoms with E-state index in [0.29, 0.717) is 24.5 Å². The molecular formula is C18H17Cl2N3O4. The number of carbonyl (C=O) groups is 1. The fraction of sp³-hybridized carbons (Fsp3) is 0.278. The van der Waals surface area contributed by atoms with E-state index in [2.05, 4.69) is 10.6 Å². The van der Waals surface area contributed by atoms with Crippen LogP contribution in [0.5, 0.6) is 0 Å². The number of hydrogen-bond donors (Lipinski definition) is 2. The van der Waals surface area contributed by atoms with Crippen molar-refractivity contribution in [2.45, 2.75) is 25.5 Å². The summed E-state index contributed by atoms with van der Waals surface area (Å²) in [7, 11) is 0. The van der Waals surface area contributed by atoms with Gasteiger partial charge in [-0.05, 0) is 30.5 Å². The first kappa shape index (κ1) is 19.4. The van der Waals surface area contributed by atoms with Crippen LogP contribution in [0.3, 0.4) is 0 Å². The Morgan fingerprint density at radius 3 is 2.63 bits per heavy atom. The lowest BCUT2D eigenvalue weighted by molar-refractivity contribution is -0.384. The Morgan fingerprint density at radius 1 is 1.26 bits per heavy atom. The van der Waals surface area contributed by atoms with E-state index in [-0.39, 0.29) is 21.6 Å². The van der Waals surface area contributed by atoms with Crippen molar-refractivity contribution in [3.05, 3.63) is 62.1 Å². The van der Waals surface area contributed by atoms with E-state index in [0.717, 1.165) is 18.4 Å². The third-order valence-electron chi connectivity index (χ3n) is 4.12. The van der Waals surface area contributed by atoms with E-state index >= 15 is 0 Å². The van der Waals surface area contributed by atoms with Gasteiger partial charge in [-0.2, -0.15) is 0 Å². The Balaban J connectivity index is 1.66. The highest BCUT2D eigenvalue weighted by atomic mass is 35.5. The van der Waals surface area contributed by atoms with Gasteiger partial charge in [0.2, 0.25) is 0 Å². The zero-order chi connectivity index (χ0) is 19.4. The highest BCUT2D eigenvalue weighted by Gasteiger charge is 2.23. The first-order chi connectivity index (χ1) is 12.9. The van der Waals surface area contributed by atoms with Crippen molar-refractivity contribution in [3.8, 4) is 0 Å². The summed E-state index contributed by atoms with van der Waals surface area (Å²) in [6.45, 7) is 0.986. The molecule has 0 bridgehead atoms. The molecular weight excluding hydrogens is 393 g/mol. The van der Waals surface area contributed by atoms with Crippen molar-refractivity contribution >= 4 is 46.2 Å². The minimum absolute atomic E-state index is 0.154. The van der Waals surface area contributed by atoms with Gasteiger partial charge in [-0.15, -0.1) is 0 Å². The SMILES string of the molecule is O=C(Nc1cccc(CNc2c(Cl)cc([N+](=O)[O-])cc2Cl)c1)[C@@H]1CCCO1. The standard InChI is InChI=1S/C18H17Cl2N3O4/c19-14-8-13(23(25)26)9-15(20)17(14)21-10-11-3-1-4-12(7-11)22-18(24)16-5-2-6-27-16/h1,3-4,7-9,16,21H,2,5-6,10H2,(H,22,24)/t16-/m0/s1. The van der Waals surface area contributed by atoms with E-state index in [9.17, 15) is 14.9 Å². The predicted octanol–water partition coefficient (Wildman–Crippen LogP) is 4.63. The van der Waals surface area contributed by atoms with E-state index in [1.165, 1.54) is 12.1 Å². The third-order valence-corrected chi connectivity index (χ3v) is 4.72. The first-order valence-electron chi connectivity index (χ1n) is 8.33. The maximum atomic E-state index is 12.1. The molecule has 0 spiro atoms. The summed E-state index contributed by atoms with van der Waals surface area (Å²) in [6, 6.07) is 9.81. The Kier molecular flexibility index (Phi) is 6.15. The van der Waals surface area contributed by atoms with Crippen LogP contribution in [-0.2, 0) is 16.1 Å². The molecule has 3 rings (SSSR count). The van der Waals surface area contributed by atoms with Crippen molar-refractivity contribution in [2.24, 2.45) is 0 Å². The Morgan fingerprint density at radius 2 is 2.00 bits per heavy atom. The molecule has 7 nitrogen and oxygen atoms in total. The number of nitrogens with zero attached hydrogens (tertiary/aromatic N) is 1. The van der Waals surface area contributed by atoms with Crippen LogP contribution in [0.2, 0.25) is 10.0 Å². The number of hydrogen-bond acceptors (Lipinski definition) is 5. The second-order valence-electron chi connectivity index (χ2n) is 6.09. The molecule has 2 aromatic rings. The maximum absolute atomic E-state index is 12.1. The highest BCUT2D eigenvalue weighted by Crippen LogP contribution is 2.35. The van der Waals surface area contributed by atoms with Gasteiger partial charge >= 0.3 is 0 Å². The van der Waals surface area contributed by atoms with Crippen molar-refractivity contribution in [1.29, 1.82) is 0 Å². The lowest BCUT2D eigenvalue weighted by Gasteiger charge is -2.13. The van der Waals surface area contributed by atoms with Crippen molar-refractivity contribution in [1.82, 2.24) is 0 Å². The van der Waals surface area contributed by atoms with E-state index < -0.39 is 11.0 Å². The Bertz CT molecular complexity index is 846. The second-order valence-corrected chi connectivity index (χ2v) is 6.90. The smallest absolute Gasteiger partial charge is 0.272 e. The largest absolute Gasteiger partial charge is 0.379 e. The molecule has 142 valence electrons. The van der Waals surface area contributed by atoms with Gasteiger partial charge in [-0.1, -0.05) is 35.3 Å². The topological polar surface area (TPSA) is 93.5 Å². The fourth-order valence-corrected chi connectivity index (χ4v) is 3.40. The quantitative estimate of drug-likeness (QED) is 0.535. The summed E-state index contributed by atoms with van der Waals surface area (Å²) >= 11 is 12.2. The molecule has 0 aliphatic carbocycles. The van der Waals surface area contributed by atoms with Crippen LogP contribution in [0, 0.1) is 10.1 Å². The van der Waals surface area contributed by atoms with Gasteiger partial charge in [0, 0.05) is 31.0 Å². The lowest BCUT2D eigenvalue weighted by atomic mass is 10.1. The van der Waals surface area contributed by atoms with Crippen LogP contribution in [0.1, 0.15) is 18.4 Å². The van der Waals surface area contributed by atoms with Gasteiger partial charge in [0.25, 0.3) is 11.6 Å². The molecule has 27 heavy (non-hydrogen) atoms. The van der Waals surface area contributed by atoms with Gasteiger partial charge in [-0.3, -0.25) is 14.9 Å².